The maximum absolute atomic E-state index is 11.3. The molecule has 2 N–H and O–H groups in total. The molecule has 1 aromatic carbocycles. The molecule has 0 aliphatic heterocycles. The summed E-state index contributed by atoms with van der Waals surface area (Å²) in [6.07, 6.45) is 0. The first-order valence-electron chi connectivity index (χ1n) is 5.98. The number of hydrogen-bond acceptors (Lipinski definition) is 6. The molecule has 10 heteroatoms. The second kappa shape index (κ2) is 7.16. The first-order chi connectivity index (χ1) is 9.70. The molecule has 0 fully saturated rings. The van der Waals surface area contributed by atoms with Gasteiger partial charge in [-0.3, -0.25) is 10.1 Å². The topological polar surface area (TPSA) is 107 Å². The van der Waals surface area contributed by atoms with Gasteiger partial charge in [-0.1, -0.05) is 24.0 Å². The van der Waals surface area contributed by atoms with E-state index in [1.54, 1.807) is 0 Å². The Kier molecular flexibility index (Phi) is 6.08. The fourth-order valence-electron chi connectivity index (χ4n) is 1.54. The van der Waals surface area contributed by atoms with Gasteiger partial charge in [-0.15, -0.1) is 0 Å². The van der Waals surface area contributed by atoms with Crippen LogP contribution in [0.3, 0.4) is 0 Å². The zero-order valence-electron chi connectivity index (χ0n) is 11.5. The molecule has 0 saturated heterocycles. The van der Waals surface area contributed by atoms with Crippen molar-refractivity contribution < 1.29 is 13.3 Å². The highest BCUT2D eigenvalue weighted by atomic mass is 32.2. The Labute approximate surface area is 132 Å². The Morgan fingerprint density at radius 1 is 1.43 bits per heavy atom. The highest BCUT2D eigenvalue weighted by Gasteiger charge is 2.21. The molecule has 116 valence electrons. The molecular weight excluding hydrogens is 334 g/mol. The average molecular weight is 349 g/mol. The summed E-state index contributed by atoms with van der Waals surface area (Å²) in [6, 6.07) is 3.52. The Morgan fingerprint density at radius 2 is 2.00 bits per heavy atom. The molecule has 0 aliphatic rings. The molecule has 0 bridgehead atoms. The predicted octanol–water partition coefficient (Wildman–Crippen LogP) is 1.96. The Bertz CT molecular complexity index is 657. The lowest BCUT2D eigenvalue weighted by Crippen LogP contribution is -2.26. The first-order valence-corrected chi connectivity index (χ1v) is 8.75. The zero-order chi connectivity index (χ0) is 16.2. The molecule has 0 saturated carbocycles. The quantitative estimate of drug-likeness (QED) is 0.375. The third-order valence-corrected chi connectivity index (χ3v) is 5.09. The van der Waals surface area contributed by atoms with Crippen LogP contribution in [0.15, 0.2) is 28.0 Å². The molecule has 0 amide bonds. The van der Waals surface area contributed by atoms with Crippen LogP contribution in [0, 0.1) is 10.1 Å². The lowest BCUT2D eigenvalue weighted by atomic mass is 10.3. The van der Waals surface area contributed by atoms with Gasteiger partial charge in [0.25, 0.3) is 5.69 Å². The van der Waals surface area contributed by atoms with E-state index in [9.17, 15) is 18.5 Å². The third kappa shape index (κ3) is 4.63. The predicted molar refractivity (Wildman–Crippen MR) is 85.8 cm³/mol. The van der Waals surface area contributed by atoms with Crippen LogP contribution < -0.4 is 5.14 Å². The van der Waals surface area contributed by atoms with E-state index in [1.165, 1.54) is 12.1 Å². The number of sulfonamides is 1. The number of primary sulfonamides is 1. The van der Waals surface area contributed by atoms with Crippen molar-refractivity contribution in [2.24, 2.45) is 5.14 Å². The lowest BCUT2D eigenvalue weighted by Gasteiger charge is -2.20. The van der Waals surface area contributed by atoms with Crippen LogP contribution in [0.1, 0.15) is 13.8 Å². The smallest absolute Gasteiger partial charge is 0.284 e. The normalized spacial score (nSPS) is 11.2. The molecular formula is C11H15N3O4S3. The molecule has 21 heavy (non-hydrogen) atoms. The summed E-state index contributed by atoms with van der Waals surface area (Å²) in [4.78, 5) is 12.3. The van der Waals surface area contributed by atoms with Crippen LogP contribution in [0.2, 0.25) is 0 Å². The van der Waals surface area contributed by atoms with Gasteiger partial charge in [0.1, 0.15) is 4.32 Å². The lowest BCUT2D eigenvalue weighted by molar-refractivity contribution is -0.387. The standard InChI is InChI=1S/C11H15N3O4S3/c1-3-13(4-2)11(19)20-10-6-5-8(21(12,17)18)7-9(10)14(15)16/h5-7H,3-4H2,1-2H3,(H2,12,17,18). The number of nitrogens with two attached hydrogens (primary N) is 1. The van der Waals surface area contributed by atoms with Crippen LogP contribution in [-0.4, -0.2) is 35.7 Å². The minimum Gasteiger partial charge on any atom is -0.358 e. The summed E-state index contributed by atoms with van der Waals surface area (Å²) < 4.78 is 23.0. The number of thioether (sulfide) groups is 1. The fraction of sp³-hybridized carbons (Fsp3) is 0.364. The van der Waals surface area contributed by atoms with E-state index >= 15 is 0 Å². The minimum atomic E-state index is -3.99. The largest absolute Gasteiger partial charge is 0.358 e. The van der Waals surface area contributed by atoms with Crippen LogP contribution in [0.5, 0.6) is 0 Å². The molecule has 0 heterocycles. The van der Waals surface area contributed by atoms with Gasteiger partial charge in [-0.05, 0) is 26.0 Å². The van der Waals surface area contributed by atoms with Crippen molar-refractivity contribution in [3.63, 3.8) is 0 Å². The van der Waals surface area contributed by atoms with Gasteiger partial charge in [0, 0.05) is 19.2 Å². The summed E-state index contributed by atoms with van der Waals surface area (Å²) >= 11 is 6.29. The molecule has 0 unspecified atom stereocenters. The fourth-order valence-corrected chi connectivity index (χ4v) is 3.55. The van der Waals surface area contributed by atoms with Crippen LogP contribution >= 0.6 is 24.0 Å². The molecule has 0 spiro atoms. The van der Waals surface area contributed by atoms with Crippen molar-refractivity contribution in [3.05, 3.63) is 28.3 Å². The van der Waals surface area contributed by atoms with Gasteiger partial charge in [0.05, 0.1) is 14.7 Å². The number of nitrogens with zero attached hydrogens (tertiary/aromatic N) is 2. The highest BCUT2D eigenvalue weighted by Crippen LogP contribution is 2.32. The number of thiocarbonyl (C=S) groups is 1. The third-order valence-electron chi connectivity index (χ3n) is 2.67. The Morgan fingerprint density at radius 3 is 2.43 bits per heavy atom. The van der Waals surface area contributed by atoms with Crippen molar-refractivity contribution in [1.29, 1.82) is 0 Å². The van der Waals surface area contributed by atoms with Gasteiger partial charge in [-0.25, -0.2) is 13.6 Å². The number of nitro benzene ring substituents is 1. The van der Waals surface area contributed by atoms with Gasteiger partial charge in [0.2, 0.25) is 10.0 Å². The molecule has 7 nitrogen and oxygen atoms in total. The molecule has 0 radical (unpaired) electrons. The van der Waals surface area contributed by atoms with Crippen molar-refractivity contribution in [2.75, 3.05) is 13.1 Å². The van der Waals surface area contributed by atoms with Gasteiger partial charge < -0.3 is 4.90 Å². The number of rotatable bonds is 5. The molecule has 0 atom stereocenters. The summed E-state index contributed by atoms with van der Waals surface area (Å²) in [5, 5.41) is 16.1. The first kappa shape index (κ1) is 17.8. The average Bonchev–Trinajstić information content (AvgIpc) is 2.38. The van der Waals surface area contributed by atoms with Crippen LogP contribution in [0.4, 0.5) is 5.69 Å². The van der Waals surface area contributed by atoms with E-state index < -0.39 is 14.9 Å². The van der Waals surface area contributed by atoms with Gasteiger partial charge in [0.15, 0.2) is 0 Å². The Balaban J connectivity index is 3.19. The van der Waals surface area contributed by atoms with Crippen molar-refractivity contribution >= 4 is 44.0 Å². The summed E-state index contributed by atoms with van der Waals surface area (Å²) in [5.41, 5.74) is -0.332. The SMILES string of the molecule is CCN(CC)C(=S)Sc1ccc(S(N)(=O)=O)cc1[N+](=O)[O-]. The highest BCUT2D eigenvalue weighted by molar-refractivity contribution is 8.23. The van der Waals surface area contributed by atoms with E-state index in [-0.39, 0.29) is 15.5 Å². The van der Waals surface area contributed by atoms with Gasteiger partial charge >= 0.3 is 0 Å². The van der Waals surface area contributed by atoms with E-state index in [0.29, 0.717) is 17.4 Å². The van der Waals surface area contributed by atoms with E-state index in [2.05, 4.69) is 0 Å². The van der Waals surface area contributed by atoms with Gasteiger partial charge in [-0.2, -0.15) is 0 Å². The number of hydrogen-bond donors (Lipinski definition) is 1. The van der Waals surface area contributed by atoms with Crippen LogP contribution in [0.25, 0.3) is 0 Å². The summed E-state index contributed by atoms with van der Waals surface area (Å²) in [5.74, 6) is 0. The summed E-state index contributed by atoms with van der Waals surface area (Å²) in [6.45, 7) is 5.22. The van der Waals surface area contributed by atoms with Crippen LogP contribution in [-0.2, 0) is 10.0 Å². The van der Waals surface area contributed by atoms with E-state index in [4.69, 9.17) is 17.4 Å². The molecule has 0 aliphatic carbocycles. The second-order valence-electron chi connectivity index (χ2n) is 3.97. The molecule has 1 aromatic rings. The summed E-state index contributed by atoms with van der Waals surface area (Å²) in [7, 11) is -3.99. The van der Waals surface area contributed by atoms with E-state index in [0.717, 1.165) is 17.8 Å². The van der Waals surface area contributed by atoms with Crippen molar-refractivity contribution in [2.45, 2.75) is 23.6 Å². The maximum atomic E-state index is 11.3. The minimum absolute atomic E-state index is 0.282. The maximum Gasteiger partial charge on any atom is 0.284 e. The number of nitro groups is 1. The second-order valence-corrected chi connectivity index (χ2v) is 7.21. The molecule has 1 rings (SSSR count). The monoisotopic (exact) mass is 349 g/mol. The van der Waals surface area contributed by atoms with Crippen molar-refractivity contribution in [3.8, 4) is 0 Å². The molecule has 0 aromatic heterocycles. The van der Waals surface area contributed by atoms with E-state index in [1.807, 2.05) is 18.7 Å². The zero-order valence-corrected chi connectivity index (χ0v) is 13.9. The Hall–Kier alpha value is -1.23. The number of benzene rings is 1. The van der Waals surface area contributed by atoms with Crippen molar-refractivity contribution in [1.82, 2.24) is 4.90 Å².